The highest BCUT2D eigenvalue weighted by Crippen LogP contribution is 2.42. The second-order valence-corrected chi connectivity index (χ2v) is 7.02. The van der Waals surface area contributed by atoms with Crippen LogP contribution in [0.3, 0.4) is 0 Å². The summed E-state index contributed by atoms with van der Waals surface area (Å²) in [6.45, 7) is 8.17. The van der Waals surface area contributed by atoms with Gasteiger partial charge in [-0.1, -0.05) is 62.5 Å². The lowest BCUT2D eigenvalue weighted by Crippen LogP contribution is -2.07. The van der Waals surface area contributed by atoms with Crippen molar-refractivity contribution in [3.8, 4) is 11.6 Å². The summed E-state index contributed by atoms with van der Waals surface area (Å²) >= 11 is 18.6. The van der Waals surface area contributed by atoms with Crippen LogP contribution in [0, 0.1) is 0 Å². The van der Waals surface area contributed by atoms with E-state index in [-0.39, 0.29) is 11.8 Å². The van der Waals surface area contributed by atoms with E-state index < -0.39 is 0 Å². The van der Waals surface area contributed by atoms with Gasteiger partial charge in [0.2, 0.25) is 5.88 Å². The molecule has 0 aliphatic rings. The maximum Gasteiger partial charge on any atom is 0.242 e. The van der Waals surface area contributed by atoms with E-state index in [1.165, 1.54) is 0 Å². The smallest absolute Gasteiger partial charge is 0.242 e. The Hall–Kier alpha value is -1.23. The molecule has 0 bridgehead atoms. The van der Waals surface area contributed by atoms with Gasteiger partial charge in [0.25, 0.3) is 0 Å². The van der Waals surface area contributed by atoms with Gasteiger partial charge in [-0.15, -0.1) is 10.2 Å². The number of hydrogen-bond acceptors (Lipinski definition) is 4. The number of benzene rings is 1. The first-order valence-electron chi connectivity index (χ1n) is 7.20. The van der Waals surface area contributed by atoms with E-state index in [0.717, 1.165) is 11.1 Å². The Kier molecular flexibility index (Phi) is 5.61. The molecule has 0 radical (unpaired) electrons. The number of aromatic nitrogens is 2. The van der Waals surface area contributed by atoms with Crippen LogP contribution in [-0.2, 0) is 0 Å². The summed E-state index contributed by atoms with van der Waals surface area (Å²) in [4.78, 5) is 0. The monoisotopic (exact) mass is 373 g/mol. The molecule has 0 saturated carbocycles. The highest BCUT2D eigenvalue weighted by Gasteiger charge is 2.23. The van der Waals surface area contributed by atoms with Gasteiger partial charge in [-0.25, -0.2) is 0 Å². The molecule has 1 aromatic carbocycles. The van der Waals surface area contributed by atoms with Crippen molar-refractivity contribution < 1.29 is 4.74 Å². The highest BCUT2D eigenvalue weighted by molar-refractivity contribution is 6.37. The van der Waals surface area contributed by atoms with Crippen molar-refractivity contribution in [1.82, 2.24) is 10.2 Å². The van der Waals surface area contributed by atoms with E-state index in [0.29, 0.717) is 32.5 Å². The summed E-state index contributed by atoms with van der Waals surface area (Å²) in [5.41, 5.74) is 7.98. The first-order valence-corrected chi connectivity index (χ1v) is 8.34. The fraction of sp³-hybridized carbons (Fsp3) is 0.375. The Labute approximate surface area is 150 Å². The molecular weight excluding hydrogens is 357 g/mol. The maximum absolute atomic E-state index is 6.23. The first kappa shape index (κ1) is 18.1. The SMILES string of the molecule is CC(C)c1c(Cl)nnc(Oc2c(Cl)cc(N)cc2Cl)c1C(C)C. The van der Waals surface area contributed by atoms with Gasteiger partial charge in [0.15, 0.2) is 10.9 Å². The maximum atomic E-state index is 6.23. The van der Waals surface area contributed by atoms with Crippen LogP contribution in [0.4, 0.5) is 5.69 Å². The van der Waals surface area contributed by atoms with Crippen LogP contribution in [0.2, 0.25) is 15.2 Å². The van der Waals surface area contributed by atoms with Crippen LogP contribution in [-0.4, -0.2) is 10.2 Å². The molecule has 1 aromatic heterocycles. The van der Waals surface area contributed by atoms with Gasteiger partial charge < -0.3 is 10.5 Å². The average molecular weight is 375 g/mol. The molecule has 0 fully saturated rings. The summed E-state index contributed by atoms with van der Waals surface area (Å²) in [6.07, 6.45) is 0. The topological polar surface area (TPSA) is 61.0 Å². The van der Waals surface area contributed by atoms with Crippen LogP contribution >= 0.6 is 34.8 Å². The molecule has 4 nitrogen and oxygen atoms in total. The quantitative estimate of drug-likeness (QED) is 0.661. The molecule has 0 saturated heterocycles. The summed E-state index contributed by atoms with van der Waals surface area (Å²) < 4.78 is 5.88. The predicted octanol–water partition coefficient (Wildman–Crippen LogP) is 6.06. The highest BCUT2D eigenvalue weighted by atomic mass is 35.5. The summed E-state index contributed by atoms with van der Waals surface area (Å²) in [5.74, 6) is 0.967. The van der Waals surface area contributed by atoms with Gasteiger partial charge in [-0.2, -0.15) is 0 Å². The van der Waals surface area contributed by atoms with Gasteiger partial charge in [0.05, 0.1) is 10.0 Å². The normalized spacial score (nSPS) is 11.3. The molecule has 0 aliphatic carbocycles. The van der Waals surface area contributed by atoms with Gasteiger partial charge in [0, 0.05) is 16.8 Å². The van der Waals surface area contributed by atoms with Gasteiger partial charge >= 0.3 is 0 Å². The van der Waals surface area contributed by atoms with E-state index >= 15 is 0 Å². The van der Waals surface area contributed by atoms with E-state index in [1.54, 1.807) is 12.1 Å². The Morgan fingerprint density at radius 2 is 1.43 bits per heavy atom. The third kappa shape index (κ3) is 3.82. The van der Waals surface area contributed by atoms with Crippen LogP contribution in [0.15, 0.2) is 12.1 Å². The average Bonchev–Trinajstić information content (AvgIpc) is 2.42. The number of nitrogens with two attached hydrogens (primary N) is 1. The molecule has 0 unspecified atom stereocenters. The molecular formula is C16H18Cl3N3O. The zero-order chi connectivity index (χ0) is 17.3. The number of hydrogen-bond donors (Lipinski definition) is 1. The van der Waals surface area contributed by atoms with E-state index in [4.69, 9.17) is 45.3 Å². The third-order valence-electron chi connectivity index (χ3n) is 3.35. The van der Waals surface area contributed by atoms with Crippen molar-refractivity contribution in [2.45, 2.75) is 39.5 Å². The molecule has 2 N–H and O–H groups in total. The molecule has 0 atom stereocenters. The Balaban J connectivity index is 2.59. The molecule has 0 amide bonds. The number of nitrogens with zero attached hydrogens (tertiary/aromatic N) is 2. The summed E-state index contributed by atoms with van der Waals surface area (Å²) in [5, 5.41) is 9.09. The largest absolute Gasteiger partial charge is 0.434 e. The molecule has 23 heavy (non-hydrogen) atoms. The molecule has 0 aliphatic heterocycles. The first-order chi connectivity index (χ1) is 10.7. The minimum atomic E-state index is 0.140. The minimum absolute atomic E-state index is 0.140. The Bertz CT molecular complexity index is 710. The summed E-state index contributed by atoms with van der Waals surface area (Å²) in [7, 11) is 0. The standard InChI is InChI=1S/C16H18Cl3N3O/c1-7(2)12-13(8(3)4)16(22-21-15(12)19)23-14-10(17)5-9(20)6-11(14)18/h5-8H,20H2,1-4H3. The van der Waals surface area contributed by atoms with E-state index in [9.17, 15) is 0 Å². The number of nitrogen functional groups attached to an aromatic ring is 1. The Morgan fingerprint density at radius 1 is 0.913 bits per heavy atom. The van der Waals surface area contributed by atoms with Crippen molar-refractivity contribution in [1.29, 1.82) is 0 Å². The lowest BCUT2D eigenvalue weighted by molar-refractivity contribution is 0.443. The molecule has 0 spiro atoms. The number of ether oxygens (including phenoxy) is 1. The van der Waals surface area contributed by atoms with Gasteiger partial charge in [0.1, 0.15) is 0 Å². The van der Waals surface area contributed by atoms with Gasteiger partial charge in [-0.05, 0) is 24.0 Å². The number of anilines is 1. The van der Waals surface area contributed by atoms with E-state index in [2.05, 4.69) is 10.2 Å². The van der Waals surface area contributed by atoms with Crippen LogP contribution in [0.5, 0.6) is 11.6 Å². The lowest BCUT2D eigenvalue weighted by Gasteiger charge is -2.20. The van der Waals surface area contributed by atoms with Crippen molar-refractivity contribution in [3.05, 3.63) is 38.5 Å². The second kappa shape index (κ2) is 7.12. The molecule has 1 heterocycles. The second-order valence-electron chi connectivity index (χ2n) is 5.85. The van der Waals surface area contributed by atoms with Crippen molar-refractivity contribution >= 4 is 40.5 Å². The van der Waals surface area contributed by atoms with Crippen molar-refractivity contribution in [3.63, 3.8) is 0 Å². The zero-order valence-electron chi connectivity index (χ0n) is 13.3. The number of rotatable bonds is 4. The molecule has 7 heteroatoms. The molecule has 124 valence electrons. The minimum Gasteiger partial charge on any atom is -0.434 e. The molecule has 2 aromatic rings. The fourth-order valence-corrected chi connectivity index (χ4v) is 3.32. The number of halogens is 3. The molecule has 2 rings (SSSR count). The Morgan fingerprint density at radius 3 is 1.91 bits per heavy atom. The van der Waals surface area contributed by atoms with Crippen molar-refractivity contribution in [2.75, 3.05) is 5.73 Å². The van der Waals surface area contributed by atoms with E-state index in [1.807, 2.05) is 27.7 Å². The third-order valence-corrected chi connectivity index (χ3v) is 4.19. The zero-order valence-corrected chi connectivity index (χ0v) is 15.6. The van der Waals surface area contributed by atoms with Crippen LogP contribution in [0.25, 0.3) is 0 Å². The van der Waals surface area contributed by atoms with Crippen LogP contribution in [0.1, 0.15) is 50.7 Å². The summed E-state index contributed by atoms with van der Waals surface area (Å²) in [6, 6.07) is 3.15. The predicted molar refractivity (Wildman–Crippen MR) is 96.2 cm³/mol. The lowest BCUT2D eigenvalue weighted by atomic mass is 9.93. The fourth-order valence-electron chi connectivity index (χ4n) is 2.38. The van der Waals surface area contributed by atoms with Crippen LogP contribution < -0.4 is 10.5 Å². The van der Waals surface area contributed by atoms with Gasteiger partial charge in [-0.3, -0.25) is 0 Å². The van der Waals surface area contributed by atoms with Crippen molar-refractivity contribution in [2.24, 2.45) is 0 Å².